The first-order valence-electron chi connectivity index (χ1n) is 5.96. The number of hydrogen-bond acceptors (Lipinski definition) is 6. The smallest absolute Gasteiger partial charge is 0.210 e. The zero-order chi connectivity index (χ0) is 14.1. The predicted octanol–water partition coefficient (Wildman–Crippen LogP) is 1.23. The first-order valence-corrected chi connectivity index (χ1v) is 7.19. The van der Waals surface area contributed by atoms with Crippen LogP contribution >= 0.6 is 23.6 Å². The third-order valence-corrected chi connectivity index (χ3v) is 4.21. The molecule has 0 atom stereocenters. The van der Waals surface area contributed by atoms with Gasteiger partial charge in [0.25, 0.3) is 0 Å². The van der Waals surface area contributed by atoms with Crippen LogP contribution in [-0.2, 0) is 6.54 Å². The van der Waals surface area contributed by atoms with Crippen molar-refractivity contribution in [2.75, 3.05) is 6.61 Å². The molecule has 1 aliphatic rings. The summed E-state index contributed by atoms with van der Waals surface area (Å²) in [5.41, 5.74) is 0. The van der Waals surface area contributed by atoms with E-state index in [2.05, 4.69) is 9.98 Å². The van der Waals surface area contributed by atoms with E-state index in [9.17, 15) is 5.11 Å². The lowest BCUT2D eigenvalue weighted by molar-refractivity contribution is 0.266. The maximum atomic E-state index is 10.1. The number of rotatable bonds is 3. The molecular weight excluding hydrogens is 294 g/mol. The third kappa shape index (κ3) is 2.31. The standard InChI is InChI=1S/C13H11N3O2S2/c17-6-5-16-12(18)10(20-13(16)19)7-11-14-8-3-1-2-4-9(8)15-11/h1-4,7,17-18H,5-6H2. The number of hydrogen-bond donors (Lipinski definition) is 2. The van der Waals surface area contributed by atoms with E-state index in [1.807, 2.05) is 24.3 Å². The highest BCUT2D eigenvalue weighted by Crippen LogP contribution is 2.28. The van der Waals surface area contributed by atoms with Crippen LogP contribution in [0.1, 0.15) is 4.88 Å². The van der Waals surface area contributed by atoms with Crippen LogP contribution in [0.15, 0.2) is 40.1 Å². The fraction of sp³-hybridized carbons (Fsp3) is 0.154. The van der Waals surface area contributed by atoms with Crippen molar-refractivity contribution in [2.45, 2.75) is 6.54 Å². The third-order valence-electron chi connectivity index (χ3n) is 2.83. The Morgan fingerprint density at radius 2 is 1.90 bits per heavy atom. The molecule has 0 saturated heterocycles. The van der Waals surface area contributed by atoms with Crippen LogP contribution in [0.2, 0.25) is 0 Å². The van der Waals surface area contributed by atoms with E-state index < -0.39 is 0 Å². The van der Waals surface area contributed by atoms with Gasteiger partial charge in [-0.1, -0.05) is 12.1 Å². The maximum absolute atomic E-state index is 10.1. The van der Waals surface area contributed by atoms with Gasteiger partial charge in [-0.05, 0) is 24.4 Å². The second-order valence-electron chi connectivity index (χ2n) is 4.15. The summed E-state index contributed by atoms with van der Waals surface area (Å²) < 4.78 is 2.01. The van der Waals surface area contributed by atoms with Gasteiger partial charge in [0.2, 0.25) is 5.88 Å². The van der Waals surface area contributed by atoms with Gasteiger partial charge >= 0.3 is 0 Å². The molecule has 2 N–H and O–H groups in total. The van der Waals surface area contributed by atoms with Gasteiger partial charge in [0.15, 0.2) is 9.78 Å². The molecule has 1 aromatic carbocycles. The summed E-state index contributed by atoms with van der Waals surface area (Å²) in [6.07, 6.45) is 1.70. The minimum absolute atomic E-state index is 0.0444. The van der Waals surface area contributed by atoms with E-state index in [1.54, 1.807) is 6.08 Å². The highest BCUT2D eigenvalue weighted by molar-refractivity contribution is 7.73. The largest absolute Gasteiger partial charge is 0.493 e. The average molecular weight is 305 g/mol. The van der Waals surface area contributed by atoms with Crippen molar-refractivity contribution in [3.05, 3.63) is 49.6 Å². The number of thiazole rings is 1. The van der Waals surface area contributed by atoms with Gasteiger partial charge < -0.3 is 10.2 Å². The summed E-state index contributed by atoms with van der Waals surface area (Å²) in [6.45, 7) is 0.202. The van der Waals surface area contributed by atoms with Crippen LogP contribution in [0.25, 0.3) is 6.08 Å². The molecule has 0 amide bonds. The summed E-state index contributed by atoms with van der Waals surface area (Å²) in [7, 11) is 0. The Hall–Kier alpha value is -1.83. The molecule has 0 unspecified atom stereocenters. The fourth-order valence-electron chi connectivity index (χ4n) is 1.91. The molecule has 20 heavy (non-hydrogen) atoms. The molecule has 1 aliphatic heterocycles. The minimum Gasteiger partial charge on any atom is -0.493 e. The predicted molar refractivity (Wildman–Crippen MR) is 78.6 cm³/mol. The van der Waals surface area contributed by atoms with E-state index in [0.29, 0.717) is 14.7 Å². The zero-order valence-electron chi connectivity index (χ0n) is 10.4. The molecule has 3 rings (SSSR count). The van der Waals surface area contributed by atoms with Crippen molar-refractivity contribution >= 4 is 29.6 Å². The van der Waals surface area contributed by atoms with Crippen molar-refractivity contribution in [1.29, 1.82) is 0 Å². The van der Waals surface area contributed by atoms with E-state index in [-0.39, 0.29) is 19.0 Å². The first kappa shape index (κ1) is 13.2. The van der Waals surface area contributed by atoms with Crippen LogP contribution in [0.3, 0.4) is 0 Å². The van der Waals surface area contributed by atoms with Crippen molar-refractivity contribution in [3.63, 3.8) is 0 Å². The Morgan fingerprint density at radius 1 is 1.25 bits per heavy atom. The van der Waals surface area contributed by atoms with E-state index in [1.165, 1.54) is 15.9 Å². The van der Waals surface area contributed by atoms with Gasteiger partial charge in [-0.2, -0.15) is 0 Å². The number of aliphatic hydroxyl groups is 1. The fourth-order valence-corrected chi connectivity index (χ4v) is 3.20. The molecule has 0 fully saturated rings. The zero-order valence-corrected chi connectivity index (χ0v) is 12.0. The number of nitrogens with zero attached hydrogens (tertiary/aromatic N) is 3. The van der Waals surface area contributed by atoms with Gasteiger partial charge in [-0.3, -0.25) is 4.57 Å². The summed E-state index contributed by atoms with van der Waals surface area (Å²) in [5.74, 6) is 0.580. The van der Waals surface area contributed by atoms with Crippen LogP contribution in [0.5, 0.6) is 5.88 Å². The summed E-state index contributed by atoms with van der Waals surface area (Å²) >= 11 is 6.42. The number of aliphatic hydroxyl groups excluding tert-OH is 1. The maximum Gasteiger partial charge on any atom is 0.210 e. The van der Waals surface area contributed by atoms with Gasteiger partial charge in [-0.25, -0.2) is 9.98 Å². The molecule has 5 nitrogen and oxygen atoms in total. The molecule has 0 radical (unpaired) electrons. The van der Waals surface area contributed by atoms with Crippen LogP contribution in [0, 0.1) is 3.95 Å². The summed E-state index contributed by atoms with van der Waals surface area (Å²) in [5, 5.41) is 20.7. The van der Waals surface area contributed by atoms with Crippen LogP contribution in [-0.4, -0.2) is 21.4 Å². The van der Waals surface area contributed by atoms with Crippen LogP contribution in [0.4, 0.5) is 0 Å². The lowest BCUT2D eigenvalue weighted by atomic mass is 10.3. The highest BCUT2D eigenvalue weighted by Gasteiger charge is 2.11. The highest BCUT2D eigenvalue weighted by atomic mass is 32.1. The molecule has 0 spiro atoms. The van der Waals surface area contributed by atoms with Gasteiger partial charge in [0, 0.05) is 6.08 Å². The van der Waals surface area contributed by atoms with E-state index >= 15 is 0 Å². The Morgan fingerprint density at radius 3 is 2.50 bits per heavy atom. The number of fused-ring (bicyclic) bond motifs is 1. The monoisotopic (exact) mass is 305 g/mol. The van der Waals surface area contributed by atoms with Crippen molar-refractivity contribution in [1.82, 2.24) is 4.57 Å². The lowest BCUT2D eigenvalue weighted by Crippen LogP contribution is -2.19. The second-order valence-corrected chi connectivity index (χ2v) is 5.82. The normalized spacial score (nSPS) is 12.8. The van der Waals surface area contributed by atoms with E-state index in [0.717, 1.165) is 10.7 Å². The van der Waals surface area contributed by atoms with Crippen molar-refractivity contribution in [3.8, 4) is 5.88 Å². The Balaban J connectivity index is 2.05. The minimum atomic E-state index is -0.0746. The molecule has 0 aliphatic carbocycles. The number of para-hydroxylation sites is 2. The van der Waals surface area contributed by atoms with Gasteiger partial charge in [0.05, 0.1) is 28.7 Å². The topological polar surface area (TPSA) is 70.1 Å². The molecule has 7 heteroatoms. The van der Waals surface area contributed by atoms with Crippen molar-refractivity contribution in [2.24, 2.45) is 9.98 Å². The SMILES string of the molecule is OCCn1c(O)c(C=C2N=c3ccccc3=N2)sc1=S. The lowest BCUT2D eigenvalue weighted by Gasteiger charge is -2.00. The number of benzene rings is 1. The molecule has 0 saturated carbocycles. The number of aromatic hydroxyl groups is 1. The molecule has 2 heterocycles. The Bertz CT molecular complexity index is 827. The first-order chi connectivity index (χ1) is 9.69. The van der Waals surface area contributed by atoms with Gasteiger partial charge in [-0.15, -0.1) is 11.3 Å². The summed E-state index contributed by atoms with van der Waals surface area (Å²) in [6, 6.07) is 7.58. The Kier molecular flexibility index (Phi) is 3.47. The molecule has 0 bridgehead atoms. The van der Waals surface area contributed by atoms with Gasteiger partial charge in [0.1, 0.15) is 0 Å². The molecule has 102 valence electrons. The average Bonchev–Trinajstić information content (AvgIpc) is 2.95. The molecule has 2 aromatic rings. The summed E-state index contributed by atoms with van der Waals surface area (Å²) in [4.78, 5) is 9.34. The quantitative estimate of drug-likeness (QED) is 0.838. The van der Waals surface area contributed by atoms with Crippen LogP contribution < -0.4 is 10.7 Å². The van der Waals surface area contributed by atoms with E-state index in [4.69, 9.17) is 17.3 Å². The second kappa shape index (κ2) is 5.28. The molecular formula is C13H11N3O2S2. The number of aromatic nitrogens is 1. The molecule has 1 aromatic heterocycles. The Labute approximate surface area is 123 Å². The van der Waals surface area contributed by atoms with Crippen molar-refractivity contribution < 1.29 is 10.2 Å².